The first-order valence-corrected chi connectivity index (χ1v) is 8.09. The van der Waals surface area contributed by atoms with E-state index in [2.05, 4.69) is 65.2 Å². The van der Waals surface area contributed by atoms with Crippen molar-refractivity contribution in [1.82, 2.24) is 5.32 Å². The molecular weight excluding hydrogens is 328 g/mol. The molecule has 0 radical (unpaired) electrons. The number of furan rings is 1. The normalized spacial score (nSPS) is 12.4. The van der Waals surface area contributed by atoms with E-state index in [1.165, 1.54) is 16.8 Å². The summed E-state index contributed by atoms with van der Waals surface area (Å²) in [6, 6.07) is 8.94. The van der Waals surface area contributed by atoms with Gasteiger partial charge in [-0.3, -0.25) is 0 Å². The van der Waals surface area contributed by atoms with Crippen LogP contribution in [0, 0.1) is 6.92 Å². The lowest BCUT2D eigenvalue weighted by Gasteiger charge is -2.22. The maximum atomic E-state index is 5.36. The van der Waals surface area contributed by atoms with E-state index in [1.807, 2.05) is 13.0 Å². The molecule has 0 aliphatic rings. The minimum absolute atomic E-state index is 0.363. The summed E-state index contributed by atoms with van der Waals surface area (Å²) in [7, 11) is 2.10. The van der Waals surface area contributed by atoms with Gasteiger partial charge in [0.25, 0.3) is 0 Å². The molecule has 2 rings (SSSR count). The lowest BCUT2D eigenvalue weighted by molar-refractivity contribution is 0.529. The summed E-state index contributed by atoms with van der Waals surface area (Å²) in [6.45, 7) is 8.12. The predicted octanol–water partition coefficient (Wildman–Crippen LogP) is 4.66. The fourth-order valence-corrected chi connectivity index (χ4v) is 3.14. The molecule has 1 aromatic heterocycles. The zero-order valence-corrected chi connectivity index (χ0v) is 14.7. The average Bonchev–Trinajstić information content (AvgIpc) is 2.84. The van der Waals surface area contributed by atoms with Crippen LogP contribution in [-0.4, -0.2) is 13.6 Å². The molecule has 0 saturated heterocycles. The van der Waals surface area contributed by atoms with Crippen LogP contribution in [-0.2, 0) is 6.54 Å². The molecule has 0 saturated carbocycles. The van der Waals surface area contributed by atoms with Crippen molar-refractivity contribution in [2.75, 3.05) is 18.5 Å². The molecule has 0 fully saturated rings. The topological polar surface area (TPSA) is 28.4 Å². The highest BCUT2D eigenvalue weighted by Crippen LogP contribution is 2.30. The van der Waals surface area contributed by atoms with Gasteiger partial charge in [0, 0.05) is 29.7 Å². The zero-order valence-electron chi connectivity index (χ0n) is 13.1. The summed E-state index contributed by atoms with van der Waals surface area (Å²) in [5, 5.41) is 3.43. The summed E-state index contributed by atoms with van der Waals surface area (Å²) in [6.07, 6.45) is 1.74. The molecule has 0 bridgehead atoms. The lowest BCUT2D eigenvalue weighted by atomic mass is 10.1. The molecule has 1 atom stereocenters. The van der Waals surface area contributed by atoms with Gasteiger partial charge in [0.15, 0.2) is 0 Å². The highest BCUT2D eigenvalue weighted by molar-refractivity contribution is 9.10. The van der Waals surface area contributed by atoms with Crippen LogP contribution < -0.4 is 10.2 Å². The minimum atomic E-state index is 0.363. The van der Waals surface area contributed by atoms with Crippen LogP contribution in [0.15, 0.2) is 39.4 Å². The quantitative estimate of drug-likeness (QED) is 0.821. The second-order valence-electron chi connectivity index (χ2n) is 5.35. The van der Waals surface area contributed by atoms with Crippen molar-refractivity contribution >= 4 is 21.6 Å². The third-order valence-electron chi connectivity index (χ3n) is 3.77. The van der Waals surface area contributed by atoms with Gasteiger partial charge in [-0.25, -0.2) is 0 Å². The van der Waals surface area contributed by atoms with Gasteiger partial charge in [-0.05, 0) is 60.1 Å². The Balaban J connectivity index is 2.15. The van der Waals surface area contributed by atoms with Crippen LogP contribution in [0.25, 0.3) is 0 Å². The van der Waals surface area contributed by atoms with E-state index < -0.39 is 0 Å². The van der Waals surface area contributed by atoms with Gasteiger partial charge in [0.05, 0.1) is 12.0 Å². The smallest absolute Gasteiger partial charge is 0.105 e. The Bertz CT molecular complexity index is 594. The maximum absolute atomic E-state index is 5.36. The molecule has 1 unspecified atom stereocenters. The van der Waals surface area contributed by atoms with Crippen molar-refractivity contribution in [3.05, 3.63) is 51.9 Å². The van der Waals surface area contributed by atoms with Crippen molar-refractivity contribution in [3.8, 4) is 0 Å². The summed E-state index contributed by atoms with van der Waals surface area (Å²) in [5.41, 5.74) is 3.69. The van der Waals surface area contributed by atoms with Gasteiger partial charge < -0.3 is 14.6 Å². The van der Waals surface area contributed by atoms with Crippen LogP contribution in [0.2, 0.25) is 0 Å². The van der Waals surface area contributed by atoms with Crippen molar-refractivity contribution < 1.29 is 4.42 Å². The molecule has 3 nitrogen and oxygen atoms in total. The van der Waals surface area contributed by atoms with Crippen molar-refractivity contribution in [1.29, 1.82) is 0 Å². The van der Waals surface area contributed by atoms with E-state index in [4.69, 9.17) is 4.42 Å². The van der Waals surface area contributed by atoms with Crippen molar-refractivity contribution in [2.45, 2.75) is 33.4 Å². The molecule has 0 aliphatic carbocycles. The van der Waals surface area contributed by atoms with E-state index in [1.54, 1.807) is 6.26 Å². The predicted molar refractivity (Wildman–Crippen MR) is 91.8 cm³/mol. The molecular formula is C17H23BrN2O. The Kier molecular flexibility index (Phi) is 5.48. The first-order chi connectivity index (χ1) is 10.0. The summed E-state index contributed by atoms with van der Waals surface area (Å²) >= 11 is 3.70. The Morgan fingerprint density at radius 1 is 1.33 bits per heavy atom. The van der Waals surface area contributed by atoms with Crippen molar-refractivity contribution in [2.24, 2.45) is 0 Å². The standard InChI is InChI=1S/C17H23BrN2O/c1-5-19-12(2)14-6-7-17(16(18)10-14)20(4)11-15-8-9-21-13(15)3/h6-10,12,19H,5,11H2,1-4H3. The van der Waals surface area contributed by atoms with E-state index in [9.17, 15) is 0 Å². The summed E-state index contributed by atoms with van der Waals surface area (Å²) in [4.78, 5) is 2.23. The lowest BCUT2D eigenvalue weighted by Crippen LogP contribution is -2.19. The maximum Gasteiger partial charge on any atom is 0.105 e. The Morgan fingerprint density at radius 3 is 2.67 bits per heavy atom. The largest absolute Gasteiger partial charge is 0.469 e. The van der Waals surface area contributed by atoms with E-state index >= 15 is 0 Å². The van der Waals surface area contributed by atoms with E-state index in [-0.39, 0.29) is 0 Å². The van der Waals surface area contributed by atoms with E-state index in [0.29, 0.717) is 6.04 Å². The van der Waals surface area contributed by atoms with Gasteiger partial charge in [-0.15, -0.1) is 0 Å². The molecule has 4 heteroatoms. The minimum Gasteiger partial charge on any atom is -0.469 e. The first kappa shape index (κ1) is 16.1. The van der Waals surface area contributed by atoms with Crippen LogP contribution in [0.5, 0.6) is 0 Å². The van der Waals surface area contributed by atoms with Gasteiger partial charge in [-0.2, -0.15) is 0 Å². The second-order valence-corrected chi connectivity index (χ2v) is 6.20. The van der Waals surface area contributed by atoms with Gasteiger partial charge >= 0.3 is 0 Å². The third kappa shape index (κ3) is 3.89. The number of benzene rings is 1. The van der Waals surface area contributed by atoms with Crippen LogP contribution >= 0.6 is 15.9 Å². The number of nitrogens with one attached hydrogen (secondary N) is 1. The van der Waals surface area contributed by atoms with Crippen LogP contribution in [0.3, 0.4) is 0 Å². The number of hydrogen-bond donors (Lipinski definition) is 1. The highest BCUT2D eigenvalue weighted by atomic mass is 79.9. The molecule has 1 aromatic carbocycles. The zero-order chi connectivity index (χ0) is 15.4. The molecule has 0 aliphatic heterocycles. The monoisotopic (exact) mass is 350 g/mol. The number of rotatable bonds is 6. The fourth-order valence-electron chi connectivity index (χ4n) is 2.44. The van der Waals surface area contributed by atoms with Crippen molar-refractivity contribution in [3.63, 3.8) is 0 Å². The fraction of sp³-hybridized carbons (Fsp3) is 0.412. The second kappa shape index (κ2) is 7.14. The molecule has 21 heavy (non-hydrogen) atoms. The molecule has 1 N–H and O–H groups in total. The number of halogens is 1. The number of anilines is 1. The van der Waals surface area contributed by atoms with Gasteiger partial charge in [0.2, 0.25) is 0 Å². The number of aryl methyl sites for hydroxylation is 1. The van der Waals surface area contributed by atoms with Crippen LogP contribution in [0.4, 0.5) is 5.69 Å². The SMILES string of the molecule is CCNC(C)c1ccc(N(C)Cc2ccoc2C)c(Br)c1. The number of hydrogen-bond acceptors (Lipinski definition) is 3. The van der Waals surface area contributed by atoms with Gasteiger partial charge in [-0.1, -0.05) is 13.0 Å². The molecule has 114 valence electrons. The molecule has 0 amide bonds. The molecule has 0 spiro atoms. The third-order valence-corrected chi connectivity index (χ3v) is 4.40. The average molecular weight is 351 g/mol. The Labute approximate surface area is 135 Å². The Hall–Kier alpha value is -1.26. The molecule has 2 aromatic rings. The summed E-state index contributed by atoms with van der Waals surface area (Å²) < 4.78 is 6.48. The van der Waals surface area contributed by atoms with Crippen LogP contribution in [0.1, 0.15) is 36.8 Å². The Morgan fingerprint density at radius 2 is 2.10 bits per heavy atom. The molecule has 1 heterocycles. The van der Waals surface area contributed by atoms with Gasteiger partial charge in [0.1, 0.15) is 5.76 Å². The highest BCUT2D eigenvalue weighted by Gasteiger charge is 2.12. The van der Waals surface area contributed by atoms with E-state index in [0.717, 1.165) is 23.3 Å². The number of nitrogens with zero attached hydrogens (tertiary/aromatic N) is 1. The summed E-state index contributed by atoms with van der Waals surface area (Å²) in [5.74, 6) is 0.982. The first-order valence-electron chi connectivity index (χ1n) is 7.29.